The van der Waals surface area contributed by atoms with E-state index in [0.717, 1.165) is 21.7 Å². The molecule has 0 fully saturated rings. The number of carbonyl (C=O) groups is 2. The number of nitrogens with zero attached hydrogens (tertiary/aromatic N) is 4. The highest BCUT2D eigenvalue weighted by molar-refractivity contribution is 6.35. The van der Waals surface area contributed by atoms with Gasteiger partial charge >= 0.3 is 0 Å². The maximum absolute atomic E-state index is 13.6. The summed E-state index contributed by atoms with van der Waals surface area (Å²) in [6.07, 6.45) is 3.55. The van der Waals surface area contributed by atoms with Crippen LogP contribution in [0, 0.1) is 17.2 Å². The molecule has 3 aromatic carbocycles. The van der Waals surface area contributed by atoms with E-state index >= 15 is 0 Å². The van der Waals surface area contributed by atoms with E-state index in [1.54, 1.807) is 29.8 Å². The normalized spacial score (nSPS) is 14.5. The average Bonchev–Trinajstić information content (AvgIpc) is 3.42. The number of amides is 2. The maximum atomic E-state index is 13.6. The lowest BCUT2D eigenvalue weighted by molar-refractivity contribution is -0.141. The lowest BCUT2D eigenvalue weighted by atomic mass is 9.92. The number of para-hydroxylation sites is 1. The van der Waals surface area contributed by atoms with Crippen molar-refractivity contribution in [1.29, 1.82) is 5.26 Å². The third-order valence-corrected chi connectivity index (χ3v) is 7.56. The highest BCUT2D eigenvalue weighted by Crippen LogP contribution is 2.32. The minimum Gasteiger partial charge on any atom is -0.489 e. The van der Waals surface area contributed by atoms with Gasteiger partial charge in [-0.15, -0.1) is 0 Å². The largest absolute Gasteiger partial charge is 0.489 e. The summed E-state index contributed by atoms with van der Waals surface area (Å²) < 4.78 is 7.69. The summed E-state index contributed by atoms with van der Waals surface area (Å²) in [6.45, 7) is 5.96. The number of hydrogen-bond acceptors (Lipinski definition) is 5. The topological polar surface area (TPSA) is 88.2 Å². The second-order valence-corrected chi connectivity index (χ2v) is 11.4. The third-order valence-electron chi connectivity index (χ3n) is 6.97. The molecule has 0 bridgehead atoms. The van der Waals surface area contributed by atoms with E-state index in [0.29, 0.717) is 32.6 Å². The molecular formula is C34H28Cl2N4O3. The predicted octanol–water partition coefficient (Wildman–Crippen LogP) is 7.67. The molecule has 2 amide bonds. The molecular weight excluding hydrogens is 583 g/mol. The van der Waals surface area contributed by atoms with Crippen molar-refractivity contribution in [3.05, 3.63) is 117 Å². The molecule has 0 saturated carbocycles. The maximum Gasteiger partial charge on any atom is 0.271 e. The molecule has 1 aliphatic rings. The van der Waals surface area contributed by atoms with Gasteiger partial charge in [0.05, 0.1) is 11.4 Å². The van der Waals surface area contributed by atoms with Crippen LogP contribution in [0.15, 0.2) is 95.7 Å². The van der Waals surface area contributed by atoms with Crippen LogP contribution in [0.25, 0.3) is 23.0 Å². The van der Waals surface area contributed by atoms with Crippen molar-refractivity contribution in [2.24, 2.45) is 5.92 Å². The monoisotopic (exact) mass is 610 g/mol. The first-order chi connectivity index (χ1) is 20.7. The Morgan fingerprint density at radius 1 is 1.00 bits per heavy atom. The number of imide groups is 1. The van der Waals surface area contributed by atoms with Crippen LogP contribution in [0.3, 0.4) is 0 Å². The van der Waals surface area contributed by atoms with E-state index in [2.05, 4.69) is 0 Å². The fraction of sp³-hybridized carbons (Fsp3) is 0.176. The number of aromatic nitrogens is 2. The van der Waals surface area contributed by atoms with Gasteiger partial charge in [-0.05, 0) is 73.0 Å². The SMILES string of the molecule is CC1=C(C#N)C(=O)N(CC(C)C)C(=O)/C1=C/c1cn(-c2ccccc2)nc1-c1ccc(OCc2ccc(Cl)cc2Cl)cc1. The zero-order valence-corrected chi connectivity index (χ0v) is 25.4. The number of halogens is 2. The van der Waals surface area contributed by atoms with Gasteiger partial charge in [-0.3, -0.25) is 14.5 Å². The molecule has 0 unspecified atom stereocenters. The van der Waals surface area contributed by atoms with Gasteiger partial charge in [0.25, 0.3) is 11.8 Å². The smallest absolute Gasteiger partial charge is 0.271 e. The Morgan fingerprint density at radius 3 is 2.37 bits per heavy atom. The van der Waals surface area contributed by atoms with Crippen LogP contribution in [-0.4, -0.2) is 33.0 Å². The lowest BCUT2D eigenvalue weighted by Gasteiger charge is -2.28. The van der Waals surface area contributed by atoms with Gasteiger partial charge in [0.1, 0.15) is 24.0 Å². The molecule has 216 valence electrons. The zero-order chi connectivity index (χ0) is 30.7. The highest BCUT2D eigenvalue weighted by atomic mass is 35.5. The number of ether oxygens (including phenoxy) is 1. The van der Waals surface area contributed by atoms with Gasteiger partial charge in [0, 0.05) is 45.1 Å². The van der Waals surface area contributed by atoms with E-state index in [1.807, 2.05) is 86.8 Å². The van der Waals surface area contributed by atoms with Crippen LogP contribution < -0.4 is 4.74 Å². The Bertz CT molecular complexity index is 1800. The second kappa shape index (κ2) is 12.7. The van der Waals surface area contributed by atoms with Crippen molar-refractivity contribution in [2.75, 3.05) is 6.54 Å². The van der Waals surface area contributed by atoms with E-state index in [9.17, 15) is 14.9 Å². The first-order valence-electron chi connectivity index (χ1n) is 13.7. The summed E-state index contributed by atoms with van der Waals surface area (Å²) in [7, 11) is 0. The van der Waals surface area contributed by atoms with E-state index in [1.165, 1.54) is 0 Å². The quantitative estimate of drug-likeness (QED) is 0.151. The van der Waals surface area contributed by atoms with Crippen molar-refractivity contribution < 1.29 is 14.3 Å². The van der Waals surface area contributed by atoms with Crippen molar-refractivity contribution >= 4 is 41.1 Å². The van der Waals surface area contributed by atoms with Gasteiger partial charge in [-0.25, -0.2) is 4.68 Å². The van der Waals surface area contributed by atoms with Gasteiger partial charge in [-0.2, -0.15) is 10.4 Å². The lowest BCUT2D eigenvalue weighted by Crippen LogP contribution is -2.44. The molecule has 0 aliphatic carbocycles. The van der Waals surface area contributed by atoms with Crippen LogP contribution in [0.4, 0.5) is 0 Å². The van der Waals surface area contributed by atoms with Crippen molar-refractivity contribution in [1.82, 2.24) is 14.7 Å². The number of nitriles is 1. The zero-order valence-electron chi connectivity index (χ0n) is 23.8. The Balaban J connectivity index is 1.53. The Morgan fingerprint density at radius 2 is 1.72 bits per heavy atom. The third kappa shape index (κ3) is 6.41. The highest BCUT2D eigenvalue weighted by Gasteiger charge is 2.36. The van der Waals surface area contributed by atoms with E-state index < -0.39 is 11.8 Å². The Labute approximate surface area is 260 Å². The van der Waals surface area contributed by atoms with Gasteiger partial charge in [0.15, 0.2) is 0 Å². The van der Waals surface area contributed by atoms with E-state index in [-0.39, 0.29) is 30.2 Å². The van der Waals surface area contributed by atoms with Crippen LogP contribution in [0.2, 0.25) is 10.0 Å². The standard InChI is InChI=1S/C34H28Cl2N4O3/c1-21(2)18-39-33(41)29(22(3)30(17-37)34(39)42)15-25-19-40(27-7-5-4-6-8-27)38-32(25)23-10-13-28(14-11-23)43-20-24-9-12-26(35)16-31(24)36/h4-16,19,21H,18,20H2,1-3H3/b29-15+. The molecule has 0 radical (unpaired) electrons. The second-order valence-electron chi connectivity index (χ2n) is 10.5. The molecule has 0 N–H and O–H groups in total. The van der Waals surface area contributed by atoms with Crippen LogP contribution >= 0.6 is 23.2 Å². The van der Waals surface area contributed by atoms with Gasteiger partial charge in [0.2, 0.25) is 0 Å². The number of rotatable bonds is 8. The number of hydrogen-bond donors (Lipinski definition) is 0. The average molecular weight is 612 g/mol. The fourth-order valence-corrected chi connectivity index (χ4v) is 5.22. The first kappa shape index (κ1) is 29.8. The van der Waals surface area contributed by atoms with Crippen molar-refractivity contribution in [3.63, 3.8) is 0 Å². The molecule has 5 rings (SSSR count). The van der Waals surface area contributed by atoms with Crippen LogP contribution in [0.1, 0.15) is 31.9 Å². The Hall–Kier alpha value is -4.64. The van der Waals surface area contributed by atoms with Crippen molar-refractivity contribution in [3.8, 4) is 28.8 Å². The van der Waals surface area contributed by atoms with Gasteiger partial charge in [-0.1, -0.05) is 61.3 Å². The fourth-order valence-electron chi connectivity index (χ4n) is 4.76. The minimum atomic E-state index is -0.563. The molecule has 1 aliphatic heterocycles. The summed E-state index contributed by atoms with van der Waals surface area (Å²) in [5.41, 5.74) is 4.31. The molecule has 2 heterocycles. The molecule has 9 heteroatoms. The predicted molar refractivity (Wildman–Crippen MR) is 168 cm³/mol. The molecule has 0 saturated heterocycles. The number of carbonyl (C=O) groups excluding carboxylic acids is 2. The molecule has 43 heavy (non-hydrogen) atoms. The minimum absolute atomic E-state index is 0.0363. The van der Waals surface area contributed by atoms with Crippen LogP contribution in [0.5, 0.6) is 5.75 Å². The summed E-state index contributed by atoms with van der Waals surface area (Å²) in [5.74, 6) is -0.315. The van der Waals surface area contributed by atoms with E-state index in [4.69, 9.17) is 33.0 Å². The van der Waals surface area contributed by atoms with Gasteiger partial charge < -0.3 is 4.74 Å². The molecule has 1 aromatic heterocycles. The molecule has 0 atom stereocenters. The molecule has 4 aromatic rings. The van der Waals surface area contributed by atoms with Crippen molar-refractivity contribution in [2.45, 2.75) is 27.4 Å². The van der Waals surface area contributed by atoms with Crippen LogP contribution in [-0.2, 0) is 16.2 Å². The summed E-state index contributed by atoms with van der Waals surface area (Å²) in [4.78, 5) is 27.7. The summed E-state index contributed by atoms with van der Waals surface area (Å²) in [6, 6.07) is 24.3. The molecule has 7 nitrogen and oxygen atoms in total. The summed E-state index contributed by atoms with van der Waals surface area (Å²) >= 11 is 12.3. The number of benzene rings is 3. The Kier molecular flexibility index (Phi) is 8.81. The first-order valence-corrected chi connectivity index (χ1v) is 14.4. The summed E-state index contributed by atoms with van der Waals surface area (Å²) in [5, 5.41) is 15.7. The molecule has 0 spiro atoms.